The molecule has 0 heterocycles. The maximum atomic E-state index is 13.2. The Bertz CT molecular complexity index is 1240. The average molecular weight is 434 g/mol. The monoisotopic (exact) mass is 433 g/mol. The molecular formula is C27H31NO4. The lowest BCUT2D eigenvalue weighted by Gasteiger charge is -2.31. The Morgan fingerprint density at radius 1 is 0.906 bits per heavy atom. The number of ketones is 1. The number of benzene rings is 3. The summed E-state index contributed by atoms with van der Waals surface area (Å²) in [7, 11) is 0. The second-order valence-electron chi connectivity index (χ2n) is 9.78. The molecule has 1 N–H and O–H groups in total. The molecule has 0 radical (unpaired) electrons. The summed E-state index contributed by atoms with van der Waals surface area (Å²) in [5.74, 6) is -0.374. The Morgan fingerprint density at radius 3 is 2.06 bits per heavy atom. The number of Topliss-reactive ketones (excluding diaryl/α,β-unsaturated/α-hetero) is 1. The molecule has 0 aliphatic carbocycles. The van der Waals surface area contributed by atoms with Gasteiger partial charge in [-0.2, -0.15) is 0 Å². The number of fused-ring (bicyclic) bond motifs is 2. The van der Waals surface area contributed by atoms with E-state index < -0.39 is 16.9 Å². The van der Waals surface area contributed by atoms with Crippen LogP contribution in [0.1, 0.15) is 59.1 Å². The van der Waals surface area contributed by atoms with E-state index in [-0.39, 0.29) is 11.7 Å². The second-order valence-corrected chi connectivity index (χ2v) is 9.78. The van der Waals surface area contributed by atoms with Gasteiger partial charge in [-0.15, -0.1) is 0 Å². The van der Waals surface area contributed by atoms with Crippen LogP contribution >= 0.6 is 0 Å². The van der Waals surface area contributed by atoms with E-state index >= 15 is 0 Å². The standard InChI is InChI=1S/C27H31NO4/c1-16-12-21-13-19-10-8-9-11-20(19)14-22(21)24(23(16)26(4,5)15-17(2)29)32-25(31)27(6,7)28-18(3)30/h8-14H,15H2,1-7H3,(H,28,30). The van der Waals surface area contributed by atoms with Crippen LogP contribution in [0.5, 0.6) is 5.75 Å². The minimum atomic E-state index is -1.21. The number of aryl methyl sites for hydroxylation is 1. The normalized spacial score (nSPS) is 12.1. The van der Waals surface area contributed by atoms with E-state index in [9.17, 15) is 14.4 Å². The fourth-order valence-electron chi connectivity index (χ4n) is 4.56. The summed E-state index contributed by atoms with van der Waals surface area (Å²) in [6, 6.07) is 14.2. The number of amides is 1. The summed E-state index contributed by atoms with van der Waals surface area (Å²) in [6.45, 7) is 12.1. The van der Waals surface area contributed by atoms with Gasteiger partial charge in [-0.05, 0) is 61.5 Å². The molecule has 3 aromatic carbocycles. The molecule has 0 saturated heterocycles. The van der Waals surface area contributed by atoms with Crippen LogP contribution in [0.3, 0.4) is 0 Å². The molecule has 5 nitrogen and oxygen atoms in total. The van der Waals surface area contributed by atoms with Gasteiger partial charge in [0.15, 0.2) is 0 Å². The van der Waals surface area contributed by atoms with Crippen molar-refractivity contribution in [1.29, 1.82) is 0 Å². The molecule has 1 amide bonds. The van der Waals surface area contributed by atoms with Crippen LogP contribution < -0.4 is 10.1 Å². The first kappa shape index (κ1) is 23.5. The van der Waals surface area contributed by atoms with Gasteiger partial charge in [0.1, 0.15) is 17.1 Å². The van der Waals surface area contributed by atoms with Crippen molar-refractivity contribution >= 4 is 39.2 Å². The smallest absolute Gasteiger partial charge is 0.336 e. The molecule has 32 heavy (non-hydrogen) atoms. The second kappa shape index (κ2) is 8.38. The molecule has 0 aliphatic heterocycles. The Morgan fingerprint density at radius 2 is 1.50 bits per heavy atom. The largest absolute Gasteiger partial charge is 0.424 e. The third kappa shape index (κ3) is 4.67. The van der Waals surface area contributed by atoms with Gasteiger partial charge >= 0.3 is 5.97 Å². The van der Waals surface area contributed by atoms with Gasteiger partial charge < -0.3 is 10.1 Å². The lowest BCUT2D eigenvalue weighted by molar-refractivity contribution is -0.143. The van der Waals surface area contributed by atoms with Gasteiger partial charge in [0.25, 0.3) is 0 Å². The van der Waals surface area contributed by atoms with E-state index in [4.69, 9.17) is 4.74 Å². The quantitative estimate of drug-likeness (QED) is 0.322. The topological polar surface area (TPSA) is 72.5 Å². The number of carbonyl (C=O) groups is 3. The predicted octanol–water partition coefficient (Wildman–Crippen LogP) is 5.38. The van der Waals surface area contributed by atoms with Crippen LogP contribution in [-0.2, 0) is 19.8 Å². The third-order valence-corrected chi connectivity index (χ3v) is 5.72. The Kier molecular flexibility index (Phi) is 6.14. The van der Waals surface area contributed by atoms with Crippen LogP contribution in [-0.4, -0.2) is 23.2 Å². The maximum Gasteiger partial charge on any atom is 0.336 e. The van der Waals surface area contributed by atoms with Crippen LogP contribution in [0, 0.1) is 6.92 Å². The summed E-state index contributed by atoms with van der Waals surface area (Å²) >= 11 is 0. The number of esters is 1. The molecule has 0 aromatic heterocycles. The average Bonchev–Trinajstić information content (AvgIpc) is 2.64. The molecule has 3 rings (SSSR count). The molecule has 0 bridgehead atoms. The highest BCUT2D eigenvalue weighted by Crippen LogP contribution is 2.43. The molecule has 3 aromatic rings. The van der Waals surface area contributed by atoms with Gasteiger partial charge in [-0.3, -0.25) is 9.59 Å². The highest BCUT2D eigenvalue weighted by atomic mass is 16.5. The maximum absolute atomic E-state index is 13.2. The Labute approximate surface area is 189 Å². The fraction of sp³-hybridized carbons (Fsp3) is 0.370. The van der Waals surface area contributed by atoms with E-state index in [0.717, 1.165) is 32.7 Å². The van der Waals surface area contributed by atoms with Crippen molar-refractivity contribution in [2.24, 2.45) is 0 Å². The zero-order chi connectivity index (χ0) is 23.8. The van der Waals surface area contributed by atoms with Gasteiger partial charge in [0.05, 0.1) is 0 Å². The van der Waals surface area contributed by atoms with Crippen LogP contribution in [0.4, 0.5) is 0 Å². The van der Waals surface area contributed by atoms with Crippen molar-refractivity contribution < 1.29 is 19.1 Å². The number of ether oxygens (including phenoxy) is 1. The summed E-state index contributed by atoms with van der Waals surface area (Å²) in [5.41, 5.74) is 0.00572. The number of carbonyl (C=O) groups excluding carboxylic acids is 3. The lowest BCUT2D eigenvalue weighted by Crippen LogP contribution is -2.51. The fourth-order valence-corrected chi connectivity index (χ4v) is 4.56. The highest BCUT2D eigenvalue weighted by Gasteiger charge is 2.35. The van der Waals surface area contributed by atoms with Gasteiger partial charge in [-0.1, -0.05) is 44.2 Å². The van der Waals surface area contributed by atoms with E-state index in [2.05, 4.69) is 17.4 Å². The minimum absolute atomic E-state index is 0.0591. The first-order chi connectivity index (χ1) is 14.8. The molecule has 168 valence electrons. The van der Waals surface area contributed by atoms with E-state index in [0.29, 0.717) is 12.2 Å². The number of hydrogen-bond donors (Lipinski definition) is 1. The van der Waals surface area contributed by atoms with Gasteiger partial charge in [0, 0.05) is 29.7 Å². The summed E-state index contributed by atoms with van der Waals surface area (Å²) in [5, 5.41) is 6.52. The van der Waals surface area contributed by atoms with Gasteiger partial charge in [0.2, 0.25) is 5.91 Å². The number of hydrogen-bond acceptors (Lipinski definition) is 4. The molecular weight excluding hydrogens is 402 g/mol. The predicted molar refractivity (Wildman–Crippen MR) is 128 cm³/mol. The van der Waals surface area contributed by atoms with Crippen molar-refractivity contribution in [3.05, 3.63) is 53.6 Å². The van der Waals surface area contributed by atoms with Crippen molar-refractivity contribution in [1.82, 2.24) is 5.32 Å². The minimum Gasteiger partial charge on any atom is -0.424 e. The SMILES string of the molecule is CC(=O)CC(C)(C)c1c(C)cc2cc3ccccc3cc2c1OC(=O)C(C)(C)NC(C)=O. The summed E-state index contributed by atoms with van der Waals surface area (Å²) in [6.07, 6.45) is 0.312. The van der Waals surface area contributed by atoms with Crippen molar-refractivity contribution in [2.45, 2.75) is 65.8 Å². The molecule has 5 heteroatoms. The van der Waals surface area contributed by atoms with Crippen molar-refractivity contribution in [3.63, 3.8) is 0 Å². The molecule has 0 saturated carbocycles. The zero-order valence-electron chi connectivity index (χ0n) is 19.9. The number of rotatable bonds is 6. The zero-order valence-corrected chi connectivity index (χ0v) is 19.9. The highest BCUT2D eigenvalue weighted by molar-refractivity contribution is 6.03. The molecule has 0 aliphatic rings. The molecule has 0 atom stereocenters. The van der Waals surface area contributed by atoms with Crippen LogP contribution in [0.2, 0.25) is 0 Å². The summed E-state index contributed by atoms with van der Waals surface area (Å²) in [4.78, 5) is 36.8. The Balaban J connectivity index is 2.30. The lowest BCUT2D eigenvalue weighted by atomic mass is 9.76. The van der Waals surface area contributed by atoms with Crippen molar-refractivity contribution in [2.75, 3.05) is 0 Å². The van der Waals surface area contributed by atoms with Crippen molar-refractivity contribution in [3.8, 4) is 5.75 Å². The summed E-state index contributed by atoms with van der Waals surface area (Å²) < 4.78 is 6.06. The Hall–Kier alpha value is -3.21. The van der Waals surface area contributed by atoms with E-state index in [1.54, 1.807) is 20.8 Å². The third-order valence-electron chi connectivity index (χ3n) is 5.72. The first-order valence-electron chi connectivity index (χ1n) is 10.8. The van der Waals surface area contributed by atoms with Crippen LogP contribution in [0.15, 0.2) is 42.5 Å². The molecule has 0 fully saturated rings. The molecule has 0 spiro atoms. The number of nitrogens with one attached hydrogen (secondary N) is 1. The van der Waals surface area contributed by atoms with E-state index in [1.165, 1.54) is 6.92 Å². The molecule has 0 unspecified atom stereocenters. The first-order valence-corrected chi connectivity index (χ1v) is 10.8. The van der Waals surface area contributed by atoms with E-state index in [1.807, 2.05) is 51.1 Å². The van der Waals surface area contributed by atoms with Gasteiger partial charge in [-0.25, -0.2) is 4.79 Å². The van der Waals surface area contributed by atoms with Crippen LogP contribution in [0.25, 0.3) is 21.5 Å².